The van der Waals surface area contributed by atoms with Gasteiger partial charge < -0.3 is 10.2 Å². The first-order valence-electron chi connectivity index (χ1n) is 45.2. The van der Waals surface area contributed by atoms with E-state index in [4.69, 9.17) is 24.9 Å². The maximum absolute atomic E-state index is 5.15. The largest absolute Gasteiger partial charge is 0.355 e. The molecule has 1 N–H and O–H groups in total. The van der Waals surface area contributed by atoms with E-state index in [0.29, 0.717) is 34.9 Å². The SMILES string of the molecule is Brc1cccc(-c2nc(-c3ccccc3)nc(-c3ccccc3)n2)c1.CC1(C)c2cc3c(cc2-c2cc4c5ccccc5c5ccccc5c4cc21)C(C)(C)c1cc2ccccc2cc1N3c1cccc(-c2nc(-c3ccccc3)nc(-c3ccccc3)n2)c1.CC1(C)c2cc3c(cc2Nc2cc4ccccc4cc21)C(C)(C)c1cc2c4ccccc4c4ccccc4c2cc1-3. The van der Waals surface area contributed by atoms with E-state index >= 15 is 0 Å². The maximum atomic E-state index is 5.15. The average Bonchev–Trinajstić information content (AvgIpc) is 1.62. The molecule has 20 aromatic carbocycles. The predicted molar refractivity (Wildman–Crippen MR) is 550 cm³/mol. The van der Waals surface area contributed by atoms with Gasteiger partial charge in [0.15, 0.2) is 34.9 Å². The van der Waals surface area contributed by atoms with Gasteiger partial charge in [0.2, 0.25) is 0 Å². The van der Waals surface area contributed by atoms with Crippen molar-refractivity contribution in [2.24, 2.45) is 0 Å². The normalized spacial score (nSPS) is 14.1. The molecule has 4 aliphatic rings. The fourth-order valence-electron chi connectivity index (χ4n) is 21.6. The molecule has 131 heavy (non-hydrogen) atoms. The summed E-state index contributed by atoms with van der Waals surface area (Å²) >= 11 is 3.52. The van der Waals surface area contributed by atoms with Crippen LogP contribution in [-0.2, 0) is 21.7 Å². The van der Waals surface area contributed by atoms with E-state index in [1.807, 2.05) is 121 Å². The number of anilines is 5. The van der Waals surface area contributed by atoms with Crippen molar-refractivity contribution in [3.05, 3.63) is 437 Å². The zero-order valence-corrected chi connectivity index (χ0v) is 75.5. The molecule has 0 bridgehead atoms. The third kappa shape index (κ3) is 13.0. The molecular weight excluding hydrogens is 1660 g/mol. The number of benzene rings is 20. The van der Waals surface area contributed by atoms with Gasteiger partial charge in [0.25, 0.3) is 0 Å². The van der Waals surface area contributed by atoms with Crippen molar-refractivity contribution < 1.29 is 0 Å². The molecule has 9 heteroatoms. The number of hydrogen-bond acceptors (Lipinski definition) is 8. The summed E-state index contributed by atoms with van der Waals surface area (Å²) in [6.45, 7) is 19.2. The molecule has 2 aromatic heterocycles. The van der Waals surface area contributed by atoms with Gasteiger partial charge in [-0.1, -0.05) is 363 Å². The number of rotatable bonds is 7. The number of halogens is 1. The zero-order valence-electron chi connectivity index (χ0n) is 74.0. The summed E-state index contributed by atoms with van der Waals surface area (Å²) < 4.78 is 0.993. The Morgan fingerprint density at radius 3 is 0.908 bits per heavy atom. The minimum absolute atomic E-state index is 0.101. The Hall–Kier alpha value is -15.4. The van der Waals surface area contributed by atoms with Crippen LogP contribution in [0.4, 0.5) is 28.4 Å². The van der Waals surface area contributed by atoms with Crippen molar-refractivity contribution in [3.8, 4) is 90.6 Å². The van der Waals surface area contributed by atoms with Gasteiger partial charge in [-0.15, -0.1) is 0 Å². The Balaban J connectivity index is 0.000000122. The second-order valence-corrected chi connectivity index (χ2v) is 38.4. The van der Waals surface area contributed by atoms with E-state index in [9.17, 15) is 0 Å². The molecule has 0 unspecified atom stereocenters. The first-order valence-corrected chi connectivity index (χ1v) is 46.0. The van der Waals surface area contributed by atoms with E-state index < -0.39 is 0 Å². The smallest absolute Gasteiger partial charge is 0.164 e. The van der Waals surface area contributed by atoms with Crippen molar-refractivity contribution in [1.82, 2.24) is 29.9 Å². The Kier molecular flexibility index (Phi) is 18.3. The van der Waals surface area contributed by atoms with Gasteiger partial charge in [-0.2, -0.15) is 0 Å². The van der Waals surface area contributed by atoms with Gasteiger partial charge in [0, 0.05) is 76.6 Å². The second kappa shape index (κ2) is 30.4. The van der Waals surface area contributed by atoms with E-state index in [0.717, 1.165) is 43.5 Å². The van der Waals surface area contributed by atoms with E-state index in [2.05, 4.69) is 353 Å². The molecule has 0 fully saturated rings. The highest BCUT2D eigenvalue weighted by Crippen LogP contribution is 2.61. The molecule has 8 nitrogen and oxygen atoms in total. The van der Waals surface area contributed by atoms with Gasteiger partial charge in [-0.3, -0.25) is 0 Å². The fourth-order valence-corrected chi connectivity index (χ4v) is 22.0. The first kappa shape index (κ1) is 79.0. The van der Waals surface area contributed by atoms with Crippen LogP contribution in [0.15, 0.2) is 393 Å². The van der Waals surface area contributed by atoms with Gasteiger partial charge in [-0.25, -0.2) is 29.9 Å². The van der Waals surface area contributed by atoms with Crippen LogP contribution >= 0.6 is 15.9 Å². The lowest BCUT2D eigenvalue weighted by Crippen LogP contribution is -2.31. The van der Waals surface area contributed by atoms with Gasteiger partial charge in [-0.05, 0) is 250 Å². The Morgan fingerprint density at radius 1 is 0.206 bits per heavy atom. The lowest BCUT2D eigenvalue weighted by Gasteiger charge is -2.43. The van der Waals surface area contributed by atoms with Crippen LogP contribution in [-0.4, -0.2) is 29.9 Å². The highest BCUT2D eigenvalue weighted by atomic mass is 79.9. The van der Waals surface area contributed by atoms with Crippen LogP contribution in [0.2, 0.25) is 0 Å². The van der Waals surface area contributed by atoms with Crippen LogP contribution in [0.5, 0.6) is 0 Å². The van der Waals surface area contributed by atoms with E-state index in [-0.39, 0.29) is 21.7 Å². The summed E-state index contributed by atoms with van der Waals surface area (Å²) in [7, 11) is 0. The summed E-state index contributed by atoms with van der Waals surface area (Å²) in [6, 6.07) is 140. The minimum atomic E-state index is -0.312. The average molecular weight is 1750 g/mol. The summed E-state index contributed by atoms with van der Waals surface area (Å²) in [5.41, 5.74) is 27.1. The van der Waals surface area contributed by atoms with Crippen molar-refractivity contribution in [2.45, 2.75) is 77.0 Å². The zero-order chi connectivity index (χ0) is 88.3. The van der Waals surface area contributed by atoms with Crippen LogP contribution in [0.1, 0.15) is 99.9 Å². The van der Waals surface area contributed by atoms with Gasteiger partial charge >= 0.3 is 0 Å². The van der Waals surface area contributed by atoms with Gasteiger partial charge in [0.1, 0.15) is 0 Å². The van der Waals surface area contributed by atoms with Crippen LogP contribution < -0.4 is 10.2 Å². The molecular formula is C122H89BrN8. The highest BCUT2D eigenvalue weighted by Gasteiger charge is 2.45. The topological polar surface area (TPSA) is 92.6 Å². The molecule has 2 aliphatic carbocycles. The van der Waals surface area contributed by atoms with Crippen LogP contribution in [0, 0.1) is 0 Å². The summed E-state index contributed by atoms with van der Waals surface area (Å²) in [5.74, 6) is 3.93. The molecule has 624 valence electrons. The Bertz CT molecular complexity index is 8400. The number of hydrogen-bond donors (Lipinski definition) is 1. The van der Waals surface area contributed by atoms with Gasteiger partial charge in [0.05, 0.1) is 11.4 Å². The minimum Gasteiger partial charge on any atom is -0.355 e. The summed E-state index contributed by atoms with van der Waals surface area (Å²) in [4.78, 5) is 31.9. The lowest BCUT2D eigenvalue weighted by molar-refractivity contribution is 0.628. The van der Waals surface area contributed by atoms with Crippen LogP contribution in [0.25, 0.3) is 177 Å². The van der Waals surface area contributed by atoms with Crippen molar-refractivity contribution in [1.29, 1.82) is 0 Å². The molecule has 22 aromatic rings. The second-order valence-electron chi connectivity index (χ2n) is 37.5. The third-order valence-corrected chi connectivity index (χ3v) is 28.9. The molecule has 2 aliphatic heterocycles. The first-order chi connectivity index (χ1) is 63.8. The summed E-state index contributed by atoms with van der Waals surface area (Å²) in [5, 5.41) is 24.7. The molecule has 4 heterocycles. The third-order valence-electron chi connectivity index (χ3n) is 28.4. The molecule has 0 radical (unpaired) electrons. The van der Waals surface area contributed by atoms with Crippen molar-refractivity contribution >= 4 is 131 Å². The monoisotopic (exact) mass is 1740 g/mol. The fraction of sp³-hybridized carbons (Fsp3) is 0.0984. The number of aromatic nitrogens is 6. The van der Waals surface area contributed by atoms with Crippen LogP contribution in [0.3, 0.4) is 0 Å². The number of nitrogens with zero attached hydrogens (tertiary/aromatic N) is 7. The van der Waals surface area contributed by atoms with E-state index in [1.165, 1.54) is 176 Å². The Labute approximate surface area is 769 Å². The quantitative estimate of drug-likeness (QED) is 0.158. The van der Waals surface area contributed by atoms with Crippen molar-refractivity contribution in [2.75, 3.05) is 10.2 Å². The molecule has 0 spiro atoms. The molecule has 0 atom stereocenters. The summed E-state index contributed by atoms with van der Waals surface area (Å²) in [6.07, 6.45) is 0. The molecule has 26 rings (SSSR count). The molecule has 0 amide bonds. The lowest BCUT2D eigenvalue weighted by atomic mass is 9.71. The number of nitrogens with one attached hydrogen (secondary N) is 1. The predicted octanol–water partition coefficient (Wildman–Crippen LogP) is 32.5. The van der Waals surface area contributed by atoms with E-state index in [1.54, 1.807) is 0 Å². The maximum Gasteiger partial charge on any atom is 0.164 e. The Morgan fingerprint density at radius 2 is 0.481 bits per heavy atom. The molecule has 0 saturated carbocycles. The molecule has 0 saturated heterocycles. The van der Waals surface area contributed by atoms with Crippen molar-refractivity contribution in [3.63, 3.8) is 0 Å². The standard InChI is InChI=1S/C61H44N4.C40H31N.C21H14BrN3/c1-60(2)51-34-48-46-29-16-14-27-44(46)43-26-13-15-28-45(43)47(48)33-49(51)50-35-54-56(36-52(50)60)65(55-32-40-23-12-11-22-39(40)31-53(55)61(54,3)4)42-25-17-24-41(30-42)59-63-57(37-18-7-5-8-19-37)62-58(64-59)38-20-9-6-10-21-38;1-39(2)33-20-30-28-16-10-8-14-26(28)25-13-7-9-15-27(25)29(30)19-31(33)32-21-36-38(22-34(32)39)41-37-18-24-12-6-5-11-23(24)17-35(37)40(36,3)4;22-18-13-7-12-17(14-18)21-24-19(15-8-3-1-4-9-15)23-20(25-21)16-10-5-2-6-11-16/h5-36H,1-4H3;5-22,41H,1-4H3;1-14H. The number of fused-ring (bicyclic) bond motifs is 24. The highest BCUT2D eigenvalue weighted by molar-refractivity contribution is 9.10.